The highest BCUT2D eigenvalue weighted by atomic mass is 14.8. The minimum absolute atomic E-state index is 0.465. The fourth-order valence-electron chi connectivity index (χ4n) is 10.6. The smallest absolute Gasteiger partial charge is 0.0972 e. The monoisotopic (exact) mass is 799 g/mol. The van der Waals surface area contributed by atoms with E-state index in [0.29, 0.717) is 0 Å². The van der Waals surface area contributed by atoms with Crippen molar-refractivity contribution in [2.24, 2.45) is 0 Å². The Morgan fingerprint density at radius 2 is 0.746 bits per heavy atom. The van der Waals surface area contributed by atoms with Gasteiger partial charge in [-0.3, -0.25) is 0 Å². The van der Waals surface area contributed by atoms with E-state index in [2.05, 4.69) is 218 Å². The maximum Gasteiger partial charge on any atom is 0.0972 e. The van der Waals surface area contributed by atoms with E-state index in [-0.39, 0.29) is 0 Å². The van der Waals surface area contributed by atoms with Gasteiger partial charge in [0.25, 0.3) is 0 Å². The van der Waals surface area contributed by atoms with Crippen molar-refractivity contribution in [2.45, 2.75) is 5.41 Å². The lowest BCUT2D eigenvalue weighted by Gasteiger charge is -2.33. The van der Waals surface area contributed by atoms with E-state index in [1.165, 1.54) is 33.4 Å². The van der Waals surface area contributed by atoms with Crippen LogP contribution in [-0.4, -0.2) is 15.0 Å². The Kier molecular flexibility index (Phi) is 7.82. The van der Waals surface area contributed by atoms with Crippen LogP contribution in [0.5, 0.6) is 0 Å². The Labute approximate surface area is 364 Å². The van der Waals surface area contributed by atoms with Crippen LogP contribution in [0, 0.1) is 0 Å². The fourth-order valence-corrected chi connectivity index (χ4v) is 10.6. The Morgan fingerprint density at radius 1 is 0.286 bits per heavy atom. The predicted molar refractivity (Wildman–Crippen MR) is 261 cm³/mol. The summed E-state index contributed by atoms with van der Waals surface area (Å²) >= 11 is 0. The summed E-state index contributed by atoms with van der Waals surface area (Å²) in [5.41, 5.74) is 16.0. The summed E-state index contributed by atoms with van der Waals surface area (Å²) in [6.45, 7) is 0. The first-order chi connectivity index (χ1) is 31.3. The average Bonchev–Trinajstić information content (AvgIpc) is 3.67. The molecule has 0 fully saturated rings. The highest BCUT2D eigenvalue weighted by Gasteiger charge is 2.46. The van der Waals surface area contributed by atoms with Gasteiger partial charge in [0.1, 0.15) is 0 Å². The lowest BCUT2D eigenvalue weighted by atomic mass is 9.67. The van der Waals surface area contributed by atoms with Crippen molar-refractivity contribution in [1.82, 2.24) is 15.0 Å². The molecule has 0 saturated carbocycles. The second kappa shape index (κ2) is 13.9. The molecule has 1 aliphatic carbocycles. The topological polar surface area (TPSA) is 38.7 Å². The van der Waals surface area contributed by atoms with Crippen molar-refractivity contribution in [3.8, 4) is 44.9 Å². The Morgan fingerprint density at radius 3 is 1.35 bits per heavy atom. The molecule has 0 N–H and O–H groups in total. The Bertz CT molecular complexity index is 3690. The van der Waals surface area contributed by atoms with Gasteiger partial charge < -0.3 is 0 Å². The summed E-state index contributed by atoms with van der Waals surface area (Å²) in [5.74, 6) is 0. The Balaban J connectivity index is 1.02. The van der Waals surface area contributed by atoms with Crippen LogP contribution in [0.15, 0.2) is 224 Å². The molecule has 13 rings (SSSR count). The highest BCUT2D eigenvalue weighted by Crippen LogP contribution is 2.58. The molecule has 292 valence electrons. The van der Waals surface area contributed by atoms with E-state index in [1.54, 1.807) is 0 Å². The number of aromatic nitrogens is 3. The van der Waals surface area contributed by atoms with Gasteiger partial charge >= 0.3 is 0 Å². The van der Waals surface area contributed by atoms with Gasteiger partial charge in [-0.1, -0.05) is 200 Å². The normalized spacial score (nSPS) is 12.9. The number of pyridine rings is 3. The molecule has 3 heterocycles. The van der Waals surface area contributed by atoms with Gasteiger partial charge in [-0.25, -0.2) is 15.0 Å². The van der Waals surface area contributed by atoms with E-state index >= 15 is 0 Å². The molecule has 0 spiro atoms. The Hall–Kier alpha value is -8.27. The van der Waals surface area contributed by atoms with Crippen LogP contribution in [0.2, 0.25) is 0 Å². The summed E-state index contributed by atoms with van der Waals surface area (Å²) in [7, 11) is 0. The number of hydrogen-bond acceptors (Lipinski definition) is 3. The summed E-state index contributed by atoms with van der Waals surface area (Å²) in [4.78, 5) is 16.3. The number of benzene rings is 9. The first-order valence-corrected chi connectivity index (χ1v) is 21.6. The molecule has 12 aromatic rings. The molecule has 0 bridgehead atoms. The second-order valence-corrected chi connectivity index (χ2v) is 16.6. The molecule has 1 aliphatic rings. The van der Waals surface area contributed by atoms with Crippen LogP contribution < -0.4 is 0 Å². The third kappa shape index (κ3) is 5.23. The molecule has 63 heavy (non-hydrogen) atoms. The molecule has 0 unspecified atom stereocenters. The van der Waals surface area contributed by atoms with Crippen LogP contribution in [0.3, 0.4) is 0 Å². The summed E-state index contributed by atoms with van der Waals surface area (Å²) in [6.07, 6.45) is 0. The minimum atomic E-state index is -0.465. The zero-order valence-electron chi connectivity index (χ0n) is 34.2. The zero-order chi connectivity index (χ0) is 41.5. The number of hydrogen-bond donors (Lipinski definition) is 0. The number of rotatable bonds is 5. The van der Waals surface area contributed by atoms with Gasteiger partial charge in [0.05, 0.1) is 39.0 Å². The SMILES string of the molecule is c1ccc(-c2ccc3ccc4ccc(-c5c6ccccc6c(-c6ccc7c8c(ccc7n6)C(c6ccccc6)(c6ccccc6)c6ccccc6-8)c6ccccc56)nc4c3n2)cc1. The quantitative estimate of drug-likeness (QED) is 0.129. The molecule has 3 heteroatoms. The molecule has 3 aromatic heterocycles. The van der Waals surface area contributed by atoms with Gasteiger partial charge in [-0.2, -0.15) is 0 Å². The van der Waals surface area contributed by atoms with E-state index in [9.17, 15) is 0 Å². The van der Waals surface area contributed by atoms with Crippen molar-refractivity contribution in [3.63, 3.8) is 0 Å². The van der Waals surface area contributed by atoms with Crippen LogP contribution in [0.4, 0.5) is 0 Å². The van der Waals surface area contributed by atoms with Gasteiger partial charge in [0.2, 0.25) is 0 Å². The van der Waals surface area contributed by atoms with Crippen molar-refractivity contribution in [1.29, 1.82) is 0 Å². The maximum atomic E-state index is 5.58. The lowest BCUT2D eigenvalue weighted by Crippen LogP contribution is -2.28. The van der Waals surface area contributed by atoms with Crippen molar-refractivity contribution in [3.05, 3.63) is 247 Å². The van der Waals surface area contributed by atoms with Crippen molar-refractivity contribution < 1.29 is 0 Å². The molecule has 0 saturated heterocycles. The molecule has 0 amide bonds. The van der Waals surface area contributed by atoms with Crippen molar-refractivity contribution >= 4 is 54.3 Å². The van der Waals surface area contributed by atoms with Gasteiger partial charge in [-0.05, 0) is 79.2 Å². The second-order valence-electron chi connectivity index (χ2n) is 16.6. The van der Waals surface area contributed by atoms with Gasteiger partial charge in [0.15, 0.2) is 0 Å². The van der Waals surface area contributed by atoms with E-state index < -0.39 is 5.41 Å². The molecule has 9 aromatic carbocycles. The van der Waals surface area contributed by atoms with E-state index in [1.807, 2.05) is 6.07 Å². The molecule has 0 aliphatic heterocycles. The lowest BCUT2D eigenvalue weighted by molar-refractivity contribution is 0.769. The van der Waals surface area contributed by atoms with Crippen LogP contribution in [0.1, 0.15) is 22.3 Å². The van der Waals surface area contributed by atoms with E-state index in [4.69, 9.17) is 15.0 Å². The molecule has 0 radical (unpaired) electrons. The largest absolute Gasteiger partial charge is 0.248 e. The van der Waals surface area contributed by atoms with Crippen LogP contribution in [0.25, 0.3) is 99.2 Å². The zero-order valence-corrected chi connectivity index (χ0v) is 34.2. The summed E-state index contributed by atoms with van der Waals surface area (Å²) in [5, 5.41) is 7.84. The number of nitrogens with zero attached hydrogens (tertiary/aromatic N) is 3. The van der Waals surface area contributed by atoms with E-state index in [0.717, 1.165) is 88.0 Å². The maximum absolute atomic E-state index is 5.58. The molecular formula is C60H37N3. The van der Waals surface area contributed by atoms with Crippen molar-refractivity contribution in [2.75, 3.05) is 0 Å². The molecule has 0 atom stereocenters. The summed E-state index contributed by atoms with van der Waals surface area (Å²) in [6, 6.07) is 80.8. The fraction of sp³-hybridized carbons (Fsp3) is 0.0167. The summed E-state index contributed by atoms with van der Waals surface area (Å²) < 4.78 is 0. The third-order valence-electron chi connectivity index (χ3n) is 13.3. The average molecular weight is 800 g/mol. The first-order valence-electron chi connectivity index (χ1n) is 21.6. The van der Waals surface area contributed by atoms with Gasteiger partial charge in [0, 0.05) is 32.8 Å². The highest BCUT2D eigenvalue weighted by molar-refractivity contribution is 6.21. The molecule has 3 nitrogen and oxygen atoms in total. The first kappa shape index (κ1) is 35.5. The minimum Gasteiger partial charge on any atom is -0.248 e. The van der Waals surface area contributed by atoms with Crippen LogP contribution >= 0.6 is 0 Å². The predicted octanol–water partition coefficient (Wildman–Crippen LogP) is 15.0. The third-order valence-corrected chi connectivity index (χ3v) is 13.3. The van der Waals surface area contributed by atoms with Gasteiger partial charge in [-0.15, -0.1) is 0 Å². The number of fused-ring (bicyclic) bond motifs is 10. The standard InChI is InChI=1S/C60H37N3/c1-4-16-38(17-5-1)51-34-30-39-28-29-40-31-35-54(63-59(40)58(39)62-51)57-45-24-12-10-22-43(45)56(44-23-11-13-25-46(44)57)53-36-32-48-52(61-53)37-33-50-55(48)47-26-14-15-27-49(47)60(50,41-18-6-2-7-19-41)42-20-8-3-9-21-42/h1-37H. The molecular weight excluding hydrogens is 763 g/mol. The van der Waals surface area contributed by atoms with Crippen LogP contribution in [-0.2, 0) is 5.41 Å².